The summed E-state index contributed by atoms with van der Waals surface area (Å²) in [7, 11) is 0. The SMILES string of the molecule is CCC(=O)CCCCC(=O)C1CCC2CC(C)C(=O)CC2C(=O)C1C. The first-order valence-corrected chi connectivity index (χ1v) is 9.96. The fourth-order valence-electron chi connectivity index (χ4n) is 4.59. The molecule has 0 aliphatic heterocycles. The molecule has 0 aromatic heterocycles. The van der Waals surface area contributed by atoms with Crippen LogP contribution in [0.15, 0.2) is 0 Å². The van der Waals surface area contributed by atoms with E-state index in [1.807, 2.05) is 20.8 Å². The Bertz CT molecular complexity index is 536. The molecular formula is C21H32O4. The molecular weight excluding hydrogens is 316 g/mol. The molecule has 0 bridgehead atoms. The molecule has 5 unspecified atom stereocenters. The zero-order valence-electron chi connectivity index (χ0n) is 15.9. The second-order valence-electron chi connectivity index (χ2n) is 8.11. The van der Waals surface area contributed by atoms with Gasteiger partial charge in [-0.15, -0.1) is 0 Å². The molecule has 0 amide bonds. The van der Waals surface area contributed by atoms with Gasteiger partial charge in [0.1, 0.15) is 23.1 Å². The Balaban J connectivity index is 1.93. The molecule has 25 heavy (non-hydrogen) atoms. The van der Waals surface area contributed by atoms with E-state index in [-0.39, 0.29) is 52.7 Å². The lowest BCUT2D eigenvalue weighted by molar-refractivity contribution is -0.138. The summed E-state index contributed by atoms with van der Waals surface area (Å²) in [4.78, 5) is 48.9. The van der Waals surface area contributed by atoms with Crippen molar-refractivity contribution in [3.8, 4) is 0 Å². The summed E-state index contributed by atoms with van der Waals surface area (Å²) >= 11 is 0. The van der Waals surface area contributed by atoms with Crippen LogP contribution in [0.4, 0.5) is 0 Å². The van der Waals surface area contributed by atoms with Crippen LogP contribution in [0.25, 0.3) is 0 Å². The molecule has 2 fully saturated rings. The van der Waals surface area contributed by atoms with Crippen LogP contribution in [0.3, 0.4) is 0 Å². The highest BCUT2D eigenvalue weighted by Crippen LogP contribution is 2.42. The van der Waals surface area contributed by atoms with E-state index in [4.69, 9.17) is 0 Å². The normalized spacial score (nSPS) is 32.8. The van der Waals surface area contributed by atoms with Crippen LogP contribution in [-0.2, 0) is 19.2 Å². The van der Waals surface area contributed by atoms with Gasteiger partial charge in [-0.3, -0.25) is 19.2 Å². The quantitative estimate of drug-likeness (QED) is 0.654. The Kier molecular flexibility index (Phi) is 7.09. The first kappa shape index (κ1) is 20.0. The van der Waals surface area contributed by atoms with Crippen LogP contribution < -0.4 is 0 Å². The van der Waals surface area contributed by atoms with E-state index in [1.54, 1.807) is 0 Å². The highest BCUT2D eigenvalue weighted by atomic mass is 16.1. The first-order valence-electron chi connectivity index (χ1n) is 9.96. The molecule has 2 saturated carbocycles. The maximum Gasteiger partial charge on any atom is 0.140 e. The van der Waals surface area contributed by atoms with Gasteiger partial charge in [0.15, 0.2) is 0 Å². The predicted octanol–water partition coefficient (Wildman–Crippen LogP) is 3.94. The Labute approximate surface area is 151 Å². The lowest BCUT2D eigenvalue weighted by Crippen LogP contribution is -2.37. The number of carbonyl (C=O) groups excluding carboxylic acids is 4. The van der Waals surface area contributed by atoms with Crippen molar-refractivity contribution in [3.63, 3.8) is 0 Å². The Morgan fingerprint density at radius 3 is 2.40 bits per heavy atom. The molecule has 0 radical (unpaired) electrons. The van der Waals surface area contributed by atoms with E-state index < -0.39 is 0 Å². The summed E-state index contributed by atoms with van der Waals surface area (Å²) < 4.78 is 0. The van der Waals surface area contributed by atoms with Gasteiger partial charge in [-0.25, -0.2) is 0 Å². The average molecular weight is 348 g/mol. The van der Waals surface area contributed by atoms with Crippen LogP contribution in [0, 0.1) is 29.6 Å². The number of carbonyl (C=O) groups is 4. The Morgan fingerprint density at radius 2 is 1.72 bits per heavy atom. The molecule has 0 aromatic rings. The lowest BCUT2D eigenvalue weighted by Gasteiger charge is -2.32. The van der Waals surface area contributed by atoms with Gasteiger partial charge in [0, 0.05) is 49.4 Å². The largest absolute Gasteiger partial charge is 0.300 e. The van der Waals surface area contributed by atoms with Crippen LogP contribution in [0.1, 0.15) is 78.6 Å². The van der Waals surface area contributed by atoms with Crippen molar-refractivity contribution in [2.75, 3.05) is 0 Å². The molecule has 0 aromatic carbocycles. The summed E-state index contributed by atoms with van der Waals surface area (Å²) in [5.41, 5.74) is 0. The monoisotopic (exact) mass is 348 g/mol. The van der Waals surface area contributed by atoms with Crippen molar-refractivity contribution in [1.82, 2.24) is 0 Å². The summed E-state index contributed by atoms with van der Waals surface area (Å²) in [5.74, 6) is 0.408. The zero-order valence-corrected chi connectivity index (χ0v) is 15.9. The lowest BCUT2D eigenvalue weighted by atomic mass is 9.70. The summed E-state index contributed by atoms with van der Waals surface area (Å²) in [6.45, 7) is 5.69. The number of hydrogen-bond donors (Lipinski definition) is 0. The van der Waals surface area contributed by atoms with E-state index in [0.717, 1.165) is 32.1 Å². The van der Waals surface area contributed by atoms with Crippen molar-refractivity contribution >= 4 is 23.1 Å². The van der Waals surface area contributed by atoms with Gasteiger partial charge in [0.05, 0.1) is 0 Å². The molecule has 2 aliphatic rings. The second kappa shape index (κ2) is 8.86. The summed E-state index contributed by atoms with van der Waals surface area (Å²) in [6, 6.07) is 0. The molecule has 4 heteroatoms. The van der Waals surface area contributed by atoms with E-state index in [1.165, 1.54) is 0 Å². The molecule has 0 heterocycles. The highest BCUT2D eigenvalue weighted by Gasteiger charge is 2.44. The molecule has 4 nitrogen and oxygen atoms in total. The minimum Gasteiger partial charge on any atom is -0.300 e. The fraction of sp³-hybridized carbons (Fsp3) is 0.810. The smallest absolute Gasteiger partial charge is 0.140 e. The van der Waals surface area contributed by atoms with E-state index >= 15 is 0 Å². The Hall–Kier alpha value is -1.32. The number of fused-ring (bicyclic) bond motifs is 1. The average Bonchev–Trinajstić information content (AvgIpc) is 2.70. The maximum absolute atomic E-state index is 12.9. The van der Waals surface area contributed by atoms with E-state index in [0.29, 0.717) is 25.7 Å². The minimum absolute atomic E-state index is 0.0488. The number of rotatable bonds is 7. The van der Waals surface area contributed by atoms with Crippen molar-refractivity contribution in [2.24, 2.45) is 29.6 Å². The van der Waals surface area contributed by atoms with E-state index in [2.05, 4.69) is 0 Å². The summed E-state index contributed by atoms with van der Waals surface area (Å²) in [5, 5.41) is 0. The van der Waals surface area contributed by atoms with Crippen LogP contribution >= 0.6 is 0 Å². The summed E-state index contributed by atoms with van der Waals surface area (Å²) in [6.07, 6.45) is 5.86. The maximum atomic E-state index is 12.9. The number of unbranched alkanes of at least 4 members (excludes halogenated alkanes) is 1. The first-order chi connectivity index (χ1) is 11.8. The van der Waals surface area contributed by atoms with Gasteiger partial charge in [-0.1, -0.05) is 20.8 Å². The predicted molar refractivity (Wildman–Crippen MR) is 96.1 cm³/mol. The molecule has 5 atom stereocenters. The van der Waals surface area contributed by atoms with Crippen molar-refractivity contribution < 1.29 is 19.2 Å². The van der Waals surface area contributed by atoms with E-state index in [9.17, 15) is 19.2 Å². The van der Waals surface area contributed by atoms with Crippen molar-refractivity contribution in [2.45, 2.75) is 78.6 Å². The van der Waals surface area contributed by atoms with Crippen LogP contribution in [-0.4, -0.2) is 23.1 Å². The zero-order chi connectivity index (χ0) is 18.6. The van der Waals surface area contributed by atoms with Gasteiger partial charge in [-0.2, -0.15) is 0 Å². The molecule has 2 aliphatic carbocycles. The molecule has 0 saturated heterocycles. The van der Waals surface area contributed by atoms with Crippen molar-refractivity contribution in [1.29, 1.82) is 0 Å². The van der Waals surface area contributed by atoms with Gasteiger partial charge >= 0.3 is 0 Å². The highest BCUT2D eigenvalue weighted by molar-refractivity contribution is 5.95. The topological polar surface area (TPSA) is 68.3 Å². The van der Waals surface area contributed by atoms with Gasteiger partial charge in [0.2, 0.25) is 0 Å². The minimum atomic E-state index is -0.277. The number of hydrogen-bond acceptors (Lipinski definition) is 4. The fourth-order valence-corrected chi connectivity index (χ4v) is 4.59. The standard InChI is InChI=1S/C21H32O4/c1-4-16(22)7-5-6-8-19(23)17-10-9-15-11-13(2)20(24)12-18(15)21(25)14(17)3/h13-15,17-18H,4-12H2,1-3H3. The second-order valence-corrected chi connectivity index (χ2v) is 8.11. The van der Waals surface area contributed by atoms with Crippen LogP contribution in [0.2, 0.25) is 0 Å². The molecule has 0 spiro atoms. The molecule has 140 valence electrons. The third-order valence-electron chi connectivity index (χ3n) is 6.40. The van der Waals surface area contributed by atoms with Crippen molar-refractivity contribution in [3.05, 3.63) is 0 Å². The third-order valence-corrected chi connectivity index (χ3v) is 6.40. The number of ketones is 4. The van der Waals surface area contributed by atoms with Crippen LogP contribution in [0.5, 0.6) is 0 Å². The number of Topliss-reactive ketones (excluding diaryl/α,β-unsaturated/α-hetero) is 4. The molecule has 0 N–H and O–H groups in total. The third kappa shape index (κ3) is 4.86. The molecule has 2 rings (SSSR count). The van der Waals surface area contributed by atoms with Gasteiger partial charge < -0.3 is 0 Å². The van der Waals surface area contributed by atoms with Gasteiger partial charge in [0.25, 0.3) is 0 Å². The van der Waals surface area contributed by atoms with Gasteiger partial charge in [-0.05, 0) is 38.0 Å². The Morgan fingerprint density at radius 1 is 1.04 bits per heavy atom.